The van der Waals surface area contributed by atoms with Gasteiger partial charge in [-0.3, -0.25) is 0 Å². The van der Waals surface area contributed by atoms with Crippen molar-refractivity contribution in [3.05, 3.63) is 29.3 Å². The Kier molecular flexibility index (Phi) is 5.05. The molecule has 0 fully saturated rings. The molecule has 112 valence electrons. The number of nitrogens with zero attached hydrogens (tertiary/aromatic N) is 2. The van der Waals surface area contributed by atoms with Crippen LogP contribution >= 0.6 is 11.6 Å². The van der Waals surface area contributed by atoms with Crippen LogP contribution in [0, 0.1) is 0 Å². The topological polar surface area (TPSA) is 85.1 Å². The van der Waals surface area contributed by atoms with Crippen LogP contribution in [0.5, 0.6) is 5.75 Å². The van der Waals surface area contributed by atoms with E-state index in [1.165, 1.54) is 0 Å². The first-order valence-electron chi connectivity index (χ1n) is 6.61. The lowest BCUT2D eigenvalue weighted by Gasteiger charge is -2.11. The van der Waals surface area contributed by atoms with Gasteiger partial charge in [0, 0.05) is 18.7 Å². The second-order valence-electron chi connectivity index (χ2n) is 4.39. The number of methoxy groups -OCH3 is 1. The molecule has 2 aromatic rings. The third-order valence-electron chi connectivity index (χ3n) is 2.74. The molecule has 1 aromatic heterocycles. The molecule has 0 amide bonds. The SMILES string of the molecule is CCCNc1cc(Nc2cc(OC)ccc2Cl)nc(N)n1. The molecule has 0 saturated heterocycles. The van der Waals surface area contributed by atoms with Gasteiger partial charge in [-0.15, -0.1) is 0 Å². The minimum absolute atomic E-state index is 0.192. The van der Waals surface area contributed by atoms with Crippen LogP contribution in [0.2, 0.25) is 5.02 Å². The zero-order valence-corrected chi connectivity index (χ0v) is 12.7. The smallest absolute Gasteiger partial charge is 0.223 e. The summed E-state index contributed by atoms with van der Waals surface area (Å²) < 4.78 is 5.18. The first-order valence-corrected chi connectivity index (χ1v) is 6.99. The van der Waals surface area contributed by atoms with Crippen molar-refractivity contribution < 1.29 is 4.74 Å². The molecule has 4 N–H and O–H groups in total. The van der Waals surface area contributed by atoms with Gasteiger partial charge in [-0.1, -0.05) is 18.5 Å². The van der Waals surface area contributed by atoms with Crippen molar-refractivity contribution in [3.8, 4) is 5.75 Å². The molecule has 0 unspecified atom stereocenters. The highest BCUT2D eigenvalue weighted by molar-refractivity contribution is 6.33. The summed E-state index contributed by atoms with van der Waals surface area (Å²) in [7, 11) is 1.60. The molecule has 0 aliphatic carbocycles. The molecule has 0 radical (unpaired) electrons. The lowest BCUT2D eigenvalue weighted by molar-refractivity contribution is 0.415. The van der Waals surface area contributed by atoms with Crippen LogP contribution in [0.1, 0.15) is 13.3 Å². The molecule has 1 heterocycles. The van der Waals surface area contributed by atoms with E-state index in [9.17, 15) is 0 Å². The Labute approximate surface area is 128 Å². The van der Waals surface area contributed by atoms with Crippen molar-refractivity contribution in [1.82, 2.24) is 9.97 Å². The predicted octanol–water partition coefficient (Wildman–Crippen LogP) is 3.29. The van der Waals surface area contributed by atoms with Gasteiger partial charge in [-0.25, -0.2) is 0 Å². The Morgan fingerprint density at radius 2 is 2.00 bits per heavy atom. The van der Waals surface area contributed by atoms with E-state index in [4.69, 9.17) is 22.1 Å². The molecule has 1 aromatic carbocycles. The van der Waals surface area contributed by atoms with Crippen LogP contribution in [-0.4, -0.2) is 23.6 Å². The molecule has 21 heavy (non-hydrogen) atoms. The number of nitrogen functional groups attached to an aromatic ring is 1. The summed E-state index contributed by atoms with van der Waals surface area (Å²) in [5, 5.41) is 6.86. The van der Waals surface area contributed by atoms with Crippen molar-refractivity contribution >= 4 is 34.9 Å². The van der Waals surface area contributed by atoms with Gasteiger partial charge in [-0.05, 0) is 18.6 Å². The maximum Gasteiger partial charge on any atom is 0.223 e. The molecule has 6 nitrogen and oxygen atoms in total. The van der Waals surface area contributed by atoms with Crippen molar-refractivity contribution in [2.45, 2.75) is 13.3 Å². The first-order chi connectivity index (χ1) is 10.1. The van der Waals surface area contributed by atoms with Gasteiger partial charge in [0.1, 0.15) is 17.4 Å². The van der Waals surface area contributed by atoms with Crippen LogP contribution in [0.3, 0.4) is 0 Å². The fourth-order valence-corrected chi connectivity index (χ4v) is 1.90. The second kappa shape index (κ2) is 6.99. The third-order valence-corrected chi connectivity index (χ3v) is 3.07. The number of halogens is 1. The Balaban J connectivity index is 2.24. The van der Waals surface area contributed by atoms with E-state index in [0.717, 1.165) is 13.0 Å². The van der Waals surface area contributed by atoms with Gasteiger partial charge in [0.25, 0.3) is 0 Å². The van der Waals surface area contributed by atoms with Gasteiger partial charge in [0.2, 0.25) is 5.95 Å². The fraction of sp³-hybridized carbons (Fsp3) is 0.286. The van der Waals surface area contributed by atoms with Crippen LogP contribution in [-0.2, 0) is 0 Å². The minimum atomic E-state index is 0.192. The molecule has 2 rings (SSSR count). The molecule has 0 bridgehead atoms. The largest absolute Gasteiger partial charge is 0.497 e. The molecular formula is C14H18ClN5O. The molecular weight excluding hydrogens is 290 g/mol. The molecule has 0 spiro atoms. The molecule has 7 heteroatoms. The van der Waals surface area contributed by atoms with E-state index in [0.29, 0.717) is 28.1 Å². The lowest BCUT2D eigenvalue weighted by Crippen LogP contribution is -2.07. The van der Waals surface area contributed by atoms with E-state index in [-0.39, 0.29) is 5.95 Å². The summed E-state index contributed by atoms with van der Waals surface area (Å²) in [6.07, 6.45) is 0.994. The standard InChI is InChI=1S/C14H18ClN5O/c1-3-6-17-12-8-13(20-14(16)19-12)18-11-7-9(21-2)4-5-10(11)15/h4-5,7-8H,3,6H2,1-2H3,(H4,16,17,18,19,20). The van der Waals surface area contributed by atoms with Gasteiger partial charge in [0.15, 0.2) is 0 Å². The average Bonchev–Trinajstić information content (AvgIpc) is 2.47. The van der Waals surface area contributed by atoms with Gasteiger partial charge in [0.05, 0.1) is 17.8 Å². The lowest BCUT2D eigenvalue weighted by atomic mass is 10.3. The van der Waals surface area contributed by atoms with Gasteiger partial charge in [-0.2, -0.15) is 9.97 Å². The number of nitrogens with one attached hydrogen (secondary N) is 2. The van der Waals surface area contributed by atoms with E-state index >= 15 is 0 Å². The summed E-state index contributed by atoms with van der Waals surface area (Å²) in [5.41, 5.74) is 6.41. The van der Waals surface area contributed by atoms with Crippen LogP contribution in [0.4, 0.5) is 23.3 Å². The Hall–Kier alpha value is -2.21. The van der Waals surface area contributed by atoms with Gasteiger partial charge < -0.3 is 21.1 Å². The first kappa shape index (κ1) is 15.2. The van der Waals surface area contributed by atoms with Crippen LogP contribution < -0.4 is 21.1 Å². The number of rotatable bonds is 6. The number of nitrogens with two attached hydrogens (primary N) is 1. The van der Waals surface area contributed by atoms with Crippen LogP contribution in [0.25, 0.3) is 0 Å². The zero-order valence-electron chi connectivity index (χ0n) is 12.0. The molecule has 0 atom stereocenters. The van der Waals surface area contributed by atoms with Crippen LogP contribution in [0.15, 0.2) is 24.3 Å². The molecule has 0 saturated carbocycles. The number of aromatic nitrogens is 2. The molecule has 0 aliphatic heterocycles. The van der Waals surface area contributed by atoms with E-state index in [2.05, 4.69) is 27.5 Å². The Morgan fingerprint density at radius 1 is 1.24 bits per heavy atom. The number of benzene rings is 1. The Morgan fingerprint density at radius 3 is 2.71 bits per heavy atom. The quantitative estimate of drug-likeness (QED) is 0.759. The van der Waals surface area contributed by atoms with Gasteiger partial charge >= 0.3 is 0 Å². The van der Waals surface area contributed by atoms with Crippen molar-refractivity contribution in [1.29, 1.82) is 0 Å². The summed E-state index contributed by atoms with van der Waals surface area (Å²) >= 11 is 6.16. The van der Waals surface area contributed by atoms with E-state index in [1.54, 1.807) is 31.4 Å². The maximum absolute atomic E-state index is 6.16. The monoisotopic (exact) mass is 307 g/mol. The summed E-state index contributed by atoms with van der Waals surface area (Å²) in [6.45, 7) is 2.89. The number of hydrogen-bond donors (Lipinski definition) is 3. The minimum Gasteiger partial charge on any atom is -0.497 e. The predicted molar refractivity (Wildman–Crippen MR) is 86.5 cm³/mol. The number of ether oxygens (including phenoxy) is 1. The summed E-state index contributed by atoms with van der Waals surface area (Å²) in [6, 6.07) is 7.11. The fourth-order valence-electron chi connectivity index (χ4n) is 1.74. The zero-order chi connectivity index (χ0) is 15.2. The third kappa shape index (κ3) is 4.13. The second-order valence-corrected chi connectivity index (χ2v) is 4.80. The van der Waals surface area contributed by atoms with E-state index in [1.807, 2.05) is 0 Å². The maximum atomic E-state index is 6.16. The van der Waals surface area contributed by atoms with Crippen molar-refractivity contribution in [2.24, 2.45) is 0 Å². The summed E-state index contributed by atoms with van der Waals surface area (Å²) in [4.78, 5) is 8.28. The average molecular weight is 308 g/mol. The number of hydrogen-bond acceptors (Lipinski definition) is 6. The highest BCUT2D eigenvalue weighted by Gasteiger charge is 2.06. The van der Waals surface area contributed by atoms with E-state index < -0.39 is 0 Å². The van der Waals surface area contributed by atoms with Crippen molar-refractivity contribution in [2.75, 3.05) is 30.0 Å². The molecule has 0 aliphatic rings. The normalized spacial score (nSPS) is 10.2. The highest BCUT2D eigenvalue weighted by Crippen LogP contribution is 2.29. The Bertz CT molecular complexity index is 620. The highest BCUT2D eigenvalue weighted by atomic mass is 35.5. The number of anilines is 4. The van der Waals surface area contributed by atoms with Crippen molar-refractivity contribution in [3.63, 3.8) is 0 Å². The summed E-state index contributed by atoms with van der Waals surface area (Å²) in [5.74, 6) is 2.13.